The molecule has 1 aliphatic heterocycles. The van der Waals surface area contributed by atoms with Crippen molar-refractivity contribution in [2.45, 2.75) is 45.8 Å². The maximum absolute atomic E-state index is 12.7. The summed E-state index contributed by atoms with van der Waals surface area (Å²) in [5.41, 5.74) is 2.30. The second-order valence-corrected chi connectivity index (χ2v) is 10.4. The number of fused-ring (bicyclic) bond motifs is 2. The van der Waals surface area contributed by atoms with Gasteiger partial charge in [0.1, 0.15) is 21.1 Å². The van der Waals surface area contributed by atoms with Crippen LogP contribution in [0.4, 0.5) is 9.80 Å². The highest BCUT2D eigenvalue weighted by molar-refractivity contribution is 7.23. The first-order chi connectivity index (χ1) is 14.7. The fourth-order valence-electron chi connectivity index (χ4n) is 3.57. The quantitative estimate of drug-likeness (QED) is 0.534. The number of nitrogens with one attached hydrogen (secondary N) is 1. The van der Waals surface area contributed by atoms with E-state index in [0.29, 0.717) is 13.0 Å². The number of pyridine rings is 1. The maximum atomic E-state index is 12.7. The Labute approximate surface area is 188 Å². The molecular weight excluding hydrogens is 432 g/mol. The van der Waals surface area contributed by atoms with E-state index >= 15 is 0 Å². The van der Waals surface area contributed by atoms with Crippen LogP contribution in [0.2, 0.25) is 0 Å². The largest absolute Gasteiger partial charge is 0.444 e. The van der Waals surface area contributed by atoms with Crippen molar-refractivity contribution in [2.75, 3.05) is 11.9 Å². The lowest BCUT2D eigenvalue weighted by atomic mass is 9.98. The highest BCUT2D eigenvalue weighted by Crippen LogP contribution is 2.48. The summed E-state index contributed by atoms with van der Waals surface area (Å²) in [5, 5.41) is 4.49. The molecule has 3 aromatic heterocycles. The molecule has 1 atom stereocenters. The SMILES string of the molecule is C=CC(=O)Nc1sc2c(c1-c1nc3cnccc3s1)CCN(C(=O)OC(C)(C)C)C2C. The lowest BCUT2D eigenvalue weighted by Gasteiger charge is -2.35. The molecule has 1 aliphatic rings. The fraction of sp³-hybridized carbons (Fsp3) is 0.364. The van der Waals surface area contributed by atoms with E-state index in [4.69, 9.17) is 9.72 Å². The molecule has 162 valence electrons. The van der Waals surface area contributed by atoms with Crippen molar-refractivity contribution >= 4 is 49.9 Å². The van der Waals surface area contributed by atoms with Crippen LogP contribution in [0.15, 0.2) is 31.1 Å². The van der Waals surface area contributed by atoms with Gasteiger partial charge in [0, 0.05) is 23.2 Å². The molecular formula is C22H24N4O3S2. The van der Waals surface area contributed by atoms with Gasteiger partial charge in [-0.15, -0.1) is 22.7 Å². The van der Waals surface area contributed by atoms with Gasteiger partial charge in [-0.05, 0) is 51.8 Å². The zero-order valence-corrected chi connectivity index (χ0v) is 19.5. The van der Waals surface area contributed by atoms with Gasteiger partial charge in [0.2, 0.25) is 5.91 Å². The monoisotopic (exact) mass is 456 g/mol. The average Bonchev–Trinajstić information content (AvgIpc) is 3.27. The topological polar surface area (TPSA) is 84.4 Å². The van der Waals surface area contributed by atoms with E-state index in [9.17, 15) is 9.59 Å². The van der Waals surface area contributed by atoms with E-state index in [-0.39, 0.29) is 18.0 Å². The average molecular weight is 457 g/mol. The molecule has 3 aromatic rings. The Morgan fingerprint density at radius 3 is 2.81 bits per heavy atom. The number of ether oxygens (including phenoxy) is 1. The van der Waals surface area contributed by atoms with E-state index in [1.165, 1.54) is 17.4 Å². The van der Waals surface area contributed by atoms with E-state index in [1.54, 1.807) is 28.6 Å². The molecule has 4 rings (SSSR count). The van der Waals surface area contributed by atoms with Crippen molar-refractivity contribution in [3.63, 3.8) is 0 Å². The van der Waals surface area contributed by atoms with Crippen LogP contribution in [0.1, 0.15) is 44.2 Å². The molecule has 0 spiro atoms. The summed E-state index contributed by atoms with van der Waals surface area (Å²) in [7, 11) is 0. The maximum Gasteiger partial charge on any atom is 0.410 e. The van der Waals surface area contributed by atoms with Crippen molar-refractivity contribution in [3.05, 3.63) is 41.6 Å². The summed E-state index contributed by atoms with van der Waals surface area (Å²) < 4.78 is 6.63. The van der Waals surface area contributed by atoms with Crippen LogP contribution >= 0.6 is 22.7 Å². The van der Waals surface area contributed by atoms with E-state index in [2.05, 4.69) is 16.9 Å². The van der Waals surface area contributed by atoms with Crippen LogP contribution in [-0.2, 0) is 16.0 Å². The minimum atomic E-state index is -0.560. The van der Waals surface area contributed by atoms with Crippen molar-refractivity contribution in [3.8, 4) is 10.6 Å². The fourth-order valence-corrected chi connectivity index (χ4v) is 5.96. The van der Waals surface area contributed by atoms with Gasteiger partial charge < -0.3 is 15.0 Å². The highest BCUT2D eigenvalue weighted by Gasteiger charge is 2.35. The zero-order chi connectivity index (χ0) is 22.3. The highest BCUT2D eigenvalue weighted by atomic mass is 32.1. The number of carbonyl (C=O) groups is 2. The number of aromatic nitrogens is 2. The van der Waals surface area contributed by atoms with E-state index in [1.807, 2.05) is 33.8 Å². The van der Waals surface area contributed by atoms with E-state index < -0.39 is 5.60 Å². The Morgan fingerprint density at radius 1 is 1.35 bits per heavy atom. The van der Waals surface area contributed by atoms with Crippen LogP contribution < -0.4 is 5.32 Å². The van der Waals surface area contributed by atoms with E-state index in [0.717, 1.165) is 36.2 Å². The zero-order valence-electron chi connectivity index (χ0n) is 17.9. The third-order valence-corrected chi connectivity index (χ3v) is 7.31. The number of carbonyl (C=O) groups excluding carboxylic acids is 2. The molecule has 1 unspecified atom stereocenters. The molecule has 4 heterocycles. The number of amides is 2. The molecule has 0 saturated heterocycles. The third-order valence-electron chi connectivity index (χ3n) is 4.94. The number of hydrogen-bond acceptors (Lipinski definition) is 7. The summed E-state index contributed by atoms with van der Waals surface area (Å²) in [5.74, 6) is -0.278. The van der Waals surface area contributed by atoms with Gasteiger partial charge in [-0.1, -0.05) is 6.58 Å². The molecule has 0 fully saturated rings. The smallest absolute Gasteiger partial charge is 0.410 e. The molecule has 9 heteroatoms. The Bertz CT molecular complexity index is 1140. The second kappa shape index (κ2) is 8.05. The lowest BCUT2D eigenvalue weighted by molar-refractivity contribution is -0.111. The van der Waals surface area contributed by atoms with Gasteiger partial charge in [0.15, 0.2) is 0 Å². The van der Waals surface area contributed by atoms with Crippen molar-refractivity contribution in [1.82, 2.24) is 14.9 Å². The summed E-state index contributed by atoms with van der Waals surface area (Å²) in [4.78, 5) is 36.6. The normalized spacial score (nSPS) is 16.1. The van der Waals surface area contributed by atoms with Gasteiger partial charge >= 0.3 is 6.09 Å². The van der Waals surface area contributed by atoms with Crippen molar-refractivity contribution < 1.29 is 14.3 Å². The van der Waals surface area contributed by atoms with Crippen LogP contribution in [0.3, 0.4) is 0 Å². The molecule has 2 amide bonds. The Kier molecular flexibility index (Phi) is 5.57. The Hall–Kier alpha value is -2.78. The van der Waals surface area contributed by atoms with Crippen molar-refractivity contribution in [1.29, 1.82) is 0 Å². The van der Waals surface area contributed by atoms with Gasteiger partial charge in [-0.3, -0.25) is 9.78 Å². The molecule has 0 aliphatic carbocycles. The molecule has 0 aromatic carbocycles. The van der Waals surface area contributed by atoms with Gasteiger partial charge in [-0.2, -0.15) is 0 Å². The first kappa shape index (κ1) is 21.5. The van der Waals surface area contributed by atoms with Gasteiger partial charge in [0.05, 0.1) is 16.9 Å². The minimum Gasteiger partial charge on any atom is -0.444 e. The minimum absolute atomic E-state index is 0.173. The van der Waals surface area contributed by atoms with Crippen LogP contribution in [0.25, 0.3) is 20.8 Å². The van der Waals surface area contributed by atoms with Crippen LogP contribution in [0, 0.1) is 0 Å². The van der Waals surface area contributed by atoms with Crippen LogP contribution in [-0.4, -0.2) is 39.0 Å². The summed E-state index contributed by atoms with van der Waals surface area (Å²) >= 11 is 3.05. The molecule has 7 nitrogen and oxygen atoms in total. The lowest BCUT2D eigenvalue weighted by Crippen LogP contribution is -2.41. The third kappa shape index (κ3) is 4.20. The van der Waals surface area contributed by atoms with Crippen LogP contribution in [0.5, 0.6) is 0 Å². The summed E-state index contributed by atoms with van der Waals surface area (Å²) in [6.45, 7) is 11.7. The number of anilines is 1. The molecule has 1 N–H and O–H groups in total. The first-order valence-electron chi connectivity index (χ1n) is 9.97. The number of hydrogen-bond donors (Lipinski definition) is 1. The second-order valence-electron chi connectivity index (χ2n) is 8.30. The molecule has 31 heavy (non-hydrogen) atoms. The summed E-state index contributed by atoms with van der Waals surface area (Å²) in [6.07, 6.45) is 5.06. The first-order valence-corrected chi connectivity index (χ1v) is 11.6. The predicted molar refractivity (Wildman–Crippen MR) is 125 cm³/mol. The number of rotatable bonds is 3. The molecule has 0 saturated carbocycles. The predicted octanol–water partition coefficient (Wildman–Crippen LogP) is 5.40. The van der Waals surface area contributed by atoms with Crippen molar-refractivity contribution in [2.24, 2.45) is 0 Å². The van der Waals surface area contributed by atoms with Gasteiger partial charge in [-0.25, -0.2) is 9.78 Å². The Balaban J connectivity index is 1.78. The summed E-state index contributed by atoms with van der Waals surface area (Å²) in [6, 6.07) is 1.76. The standard InChI is InChI=1S/C22H24N4O3S2/c1-6-16(27)25-20-17(19-24-14-11-23-9-7-15(14)30-19)13-8-10-26(12(2)18(13)31-20)21(28)29-22(3,4)5/h6-7,9,11-12H,1,8,10H2,2-5H3,(H,25,27). The molecule has 0 bridgehead atoms. The van der Waals surface area contributed by atoms with Gasteiger partial charge in [0.25, 0.3) is 0 Å². The Morgan fingerprint density at radius 2 is 2.13 bits per heavy atom. The number of thiazole rings is 1. The number of nitrogens with zero attached hydrogens (tertiary/aromatic N) is 3. The number of thiophene rings is 1. The molecule has 0 radical (unpaired) electrons.